The third-order valence-corrected chi connectivity index (χ3v) is 5.31. The van der Waals surface area contributed by atoms with Crippen LogP contribution in [0.3, 0.4) is 0 Å². The number of nitrogens with one attached hydrogen (secondary N) is 1. The third-order valence-electron chi connectivity index (χ3n) is 4.36. The van der Waals surface area contributed by atoms with Gasteiger partial charge in [-0.1, -0.05) is 49.0 Å². The molecule has 26 heavy (non-hydrogen) atoms. The second-order valence-corrected chi connectivity index (χ2v) is 7.23. The van der Waals surface area contributed by atoms with E-state index in [1.54, 1.807) is 30.6 Å². The summed E-state index contributed by atoms with van der Waals surface area (Å²) >= 11 is 1.28. The second kappa shape index (κ2) is 8.84. The number of carboxylic acids is 1. The Kier molecular flexibility index (Phi) is 6.79. The molecule has 1 atom stereocenters. The van der Waals surface area contributed by atoms with Gasteiger partial charge in [0, 0.05) is 12.6 Å². The predicted octanol–water partition coefficient (Wildman–Crippen LogP) is 2.50. The van der Waals surface area contributed by atoms with Crippen LogP contribution in [0.1, 0.15) is 38.8 Å². The van der Waals surface area contributed by atoms with Crippen LogP contribution < -0.4 is 5.32 Å². The molecule has 1 amide bonds. The summed E-state index contributed by atoms with van der Waals surface area (Å²) in [5.41, 5.74) is -0.456. The second-order valence-electron chi connectivity index (χ2n) is 6.29. The summed E-state index contributed by atoms with van der Waals surface area (Å²) in [5, 5.41) is 21.1. The summed E-state index contributed by atoms with van der Waals surface area (Å²) in [6.07, 6.45) is 2.01. The van der Waals surface area contributed by atoms with Gasteiger partial charge in [-0.25, -0.2) is 0 Å². The van der Waals surface area contributed by atoms with Crippen LogP contribution in [0.25, 0.3) is 0 Å². The Morgan fingerprint density at radius 2 is 2.00 bits per heavy atom. The molecule has 2 N–H and O–H groups in total. The monoisotopic (exact) mass is 376 g/mol. The number of amides is 1. The Morgan fingerprint density at radius 1 is 1.31 bits per heavy atom. The van der Waals surface area contributed by atoms with E-state index in [1.165, 1.54) is 11.8 Å². The minimum atomic E-state index is -1.14. The summed E-state index contributed by atoms with van der Waals surface area (Å²) in [7, 11) is 0. The van der Waals surface area contributed by atoms with Crippen molar-refractivity contribution in [3.05, 3.63) is 42.2 Å². The van der Waals surface area contributed by atoms with Crippen LogP contribution in [0.2, 0.25) is 0 Å². The standard InChI is InChI=1S/C18H24N4O3S/c1-4-18(16(24)25,14-8-6-5-7-9-14)11-19-15(23)10-26-17-21-20-12-22(17)13(2)3/h5-9,12-13H,4,10-11H2,1-3H3,(H,19,23)(H,24,25). The number of aliphatic carboxylic acids is 1. The number of benzene rings is 1. The van der Waals surface area contributed by atoms with Gasteiger partial charge in [0.2, 0.25) is 5.91 Å². The topological polar surface area (TPSA) is 97.1 Å². The van der Waals surface area contributed by atoms with Gasteiger partial charge in [0.05, 0.1) is 5.75 Å². The summed E-state index contributed by atoms with van der Waals surface area (Å²) in [6, 6.07) is 9.21. The number of carbonyl (C=O) groups is 2. The summed E-state index contributed by atoms with van der Waals surface area (Å²) in [5.74, 6) is -1.03. The Hall–Kier alpha value is -2.35. The van der Waals surface area contributed by atoms with Crippen LogP contribution in [0.4, 0.5) is 0 Å². The average Bonchev–Trinajstić information content (AvgIpc) is 3.10. The molecule has 140 valence electrons. The molecule has 7 nitrogen and oxygen atoms in total. The average molecular weight is 376 g/mol. The zero-order chi connectivity index (χ0) is 19.2. The molecule has 0 spiro atoms. The lowest BCUT2D eigenvalue weighted by molar-refractivity contribution is -0.144. The van der Waals surface area contributed by atoms with Gasteiger partial charge in [0.15, 0.2) is 5.16 Å². The van der Waals surface area contributed by atoms with E-state index in [1.807, 2.05) is 31.4 Å². The van der Waals surface area contributed by atoms with Gasteiger partial charge in [-0.05, 0) is 25.8 Å². The number of rotatable bonds is 9. The Balaban J connectivity index is 2.01. The van der Waals surface area contributed by atoms with Crippen LogP contribution >= 0.6 is 11.8 Å². The molecule has 0 fully saturated rings. The molecule has 0 saturated carbocycles. The molecule has 0 saturated heterocycles. The molecule has 2 rings (SSSR count). The Bertz CT molecular complexity index is 748. The van der Waals surface area contributed by atoms with Crippen molar-refractivity contribution < 1.29 is 14.7 Å². The molecule has 0 radical (unpaired) electrons. The van der Waals surface area contributed by atoms with Crippen LogP contribution in [0.15, 0.2) is 41.8 Å². The molecule has 1 aromatic heterocycles. The molecule has 1 unspecified atom stereocenters. The largest absolute Gasteiger partial charge is 0.481 e. The minimum Gasteiger partial charge on any atom is -0.481 e. The summed E-state index contributed by atoms with van der Waals surface area (Å²) < 4.78 is 1.88. The van der Waals surface area contributed by atoms with Gasteiger partial charge >= 0.3 is 5.97 Å². The maximum Gasteiger partial charge on any atom is 0.315 e. The van der Waals surface area contributed by atoms with Crippen molar-refractivity contribution in [1.82, 2.24) is 20.1 Å². The van der Waals surface area contributed by atoms with Crippen molar-refractivity contribution in [3.8, 4) is 0 Å². The Morgan fingerprint density at radius 3 is 2.58 bits per heavy atom. The van der Waals surface area contributed by atoms with Gasteiger partial charge in [-0.2, -0.15) is 0 Å². The first-order valence-electron chi connectivity index (χ1n) is 8.48. The smallest absolute Gasteiger partial charge is 0.315 e. The molecule has 1 heterocycles. The predicted molar refractivity (Wildman–Crippen MR) is 100 cm³/mol. The molecule has 0 bridgehead atoms. The molecule has 2 aromatic rings. The zero-order valence-electron chi connectivity index (χ0n) is 15.2. The van der Waals surface area contributed by atoms with Crippen LogP contribution in [0, 0.1) is 0 Å². The molecular weight excluding hydrogens is 352 g/mol. The highest BCUT2D eigenvalue weighted by Gasteiger charge is 2.38. The maximum absolute atomic E-state index is 12.3. The molecule has 0 aliphatic carbocycles. The molecular formula is C18H24N4O3S. The summed E-state index contributed by atoms with van der Waals surface area (Å²) in [6.45, 7) is 5.87. The fraction of sp³-hybridized carbons (Fsp3) is 0.444. The van der Waals surface area contributed by atoms with Crippen molar-refractivity contribution >= 4 is 23.6 Å². The first kappa shape index (κ1) is 20.0. The SMILES string of the molecule is CCC(CNC(=O)CSc1nncn1C(C)C)(C(=O)O)c1ccccc1. The van der Waals surface area contributed by atoms with Gasteiger partial charge in [-0.15, -0.1) is 10.2 Å². The fourth-order valence-corrected chi connectivity index (χ4v) is 3.53. The van der Waals surface area contributed by atoms with Crippen LogP contribution in [-0.2, 0) is 15.0 Å². The highest BCUT2D eigenvalue weighted by Crippen LogP contribution is 2.28. The molecule has 1 aromatic carbocycles. The Labute approximate surface area is 157 Å². The van der Waals surface area contributed by atoms with Crippen molar-refractivity contribution in [2.75, 3.05) is 12.3 Å². The highest BCUT2D eigenvalue weighted by atomic mass is 32.2. The van der Waals surface area contributed by atoms with E-state index < -0.39 is 11.4 Å². The zero-order valence-corrected chi connectivity index (χ0v) is 16.0. The fourth-order valence-electron chi connectivity index (χ4n) is 2.66. The normalized spacial score (nSPS) is 13.4. The van der Waals surface area contributed by atoms with Gasteiger partial charge in [-0.3, -0.25) is 9.59 Å². The van der Waals surface area contributed by atoms with Gasteiger partial charge in [0.1, 0.15) is 11.7 Å². The lowest BCUT2D eigenvalue weighted by Gasteiger charge is -2.29. The lowest BCUT2D eigenvalue weighted by Crippen LogP contribution is -2.46. The molecule has 0 aliphatic heterocycles. The quantitative estimate of drug-likeness (QED) is 0.653. The van der Waals surface area contributed by atoms with E-state index in [4.69, 9.17) is 0 Å². The van der Waals surface area contributed by atoms with Crippen molar-refractivity contribution in [3.63, 3.8) is 0 Å². The minimum absolute atomic E-state index is 0.0408. The number of aromatic nitrogens is 3. The van der Waals surface area contributed by atoms with E-state index in [2.05, 4.69) is 15.5 Å². The highest BCUT2D eigenvalue weighted by molar-refractivity contribution is 7.99. The van der Waals surface area contributed by atoms with E-state index in [-0.39, 0.29) is 24.2 Å². The molecule has 8 heteroatoms. The van der Waals surface area contributed by atoms with E-state index in [0.29, 0.717) is 17.1 Å². The lowest BCUT2D eigenvalue weighted by atomic mass is 9.78. The number of hydrogen-bond acceptors (Lipinski definition) is 5. The first-order valence-corrected chi connectivity index (χ1v) is 9.47. The van der Waals surface area contributed by atoms with Gasteiger partial charge < -0.3 is 15.0 Å². The van der Waals surface area contributed by atoms with Gasteiger partial charge in [0.25, 0.3) is 0 Å². The van der Waals surface area contributed by atoms with Crippen molar-refractivity contribution in [1.29, 1.82) is 0 Å². The van der Waals surface area contributed by atoms with Crippen LogP contribution in [0.5, 0.6) is 0 Å². The number of carbonyl (C=O) groups excluding carboxylic acids is 1. The van der Waals surface area contributed by atoms with Crippen LogP contribution in [-0.4, -0.2) is 44.0 Å². The van der Waals surface area contributed by atoms with Crippen molar-refractivity contribution in [2.24, 2.45) is 0 Å². The number of carboxylic acid groups (broad SMARTS) is 1. The maximum atomic E-state index is 12.3. The number of thioether (sulfide) groups is 1. The third kappa shape index (κ3) is 4.43. The van der Waals surface area contributed by atoms with E-state index in [9.17, 15) is 14.7 Å². The molecule has 0 aliphatic rings. The first-order chi connectivity index (χ1) is 12.4. The van der Waals surface area contributed by atoms with E-state index in [0.717, 1.165) is 0 Å². The number of nitrogens with zero attached hydrogens (tertiary/aromatic N) is 3. The number of hydrogen-bond donors (Lipinski definition) is 2. The summed E-state index contributed by atoms with van der Waals surface area (Å²) in [4.78, 5) is 24.2. The van der Waals surface area contributed by atoms with E-state index >= 15 is 0 Å². The van der Waals surface area contributed by atoms with Crippen molar-refractivity contribution in [2.45, 2.75) is 43.8 Å².